The van der Waals surface area contributed by atoms with E-state index in [9.17, 15) is 4.79 Å². The number of nitrogens with one attached hydrogen (secondary N) is 4. The predicted molar refractivity (Wildman–Crippen MR) is 119 cm³/mol. The highest BCUT2D eigenvalue weighted by Gasteiger charge is 2.15. The number of esters is 1. The van der Waals surface area contributed by atoms with E-state index in [1.807, 2.05) is 34.6 Å². The largest absolute Gasteiger partial charge is 0.460 e. The van der Waals surface area contributed by atoms with E-state index in [0.717, 1.165) is 19.3 Å². The predicted octanol–water partition coefficient (Wildman–Crippen LogP) is 2.20. The molecule has 0 heterocycles. The van der Waals surface area contributed by atoms with Crippen LogP contribution in [-0.4, -0.2) is 46.8 Å². The maximum atomic E-state index is 11.6. The molecule has 0 aromatic heterocycles. The number of ether oxygens (including phenoxy) is 1. The van der Waals surface area contributed by atoms with Crippen molar-refractivity contribution in [2.75, 3.05) is 13.6 Å². The van der Waals surface area contributed by atoms with Gasteiger partial charge in [0.05, 0.1) is 11.4 Å². The molecule has 0 radical (unpaired) electrons. The molecule has 154 valence electrons. The molecular formula is C17H32N6O2S2. The van der Waals surface area contributed by atoms with Crippen LogP contribution >= 0.6 is 24.4 Å². The van der Waals surface area contributed by atoms with Crippen molar-refractivity contribution in [1.82, 2.24) is 21.5 Å². The van der Waals surface area contributed by atoms with Crippen LogP contribution in [0.5, 0.6) is 0 Å². The van der Waals surface area contributed by atoms with Gasteiger partial charge < -0.3 is 15.4 Å². The second-order valence-electron chi connectivity index (χ2n) is 6.85. The SMILES string of the molecule is CNC(=S)N/N=C(C)/C(C)=N/NC(=S)NCCCCCC(=O)OC(C)(C)C. The fraction of sp³-hybridized carbons (Fsp3) is 0.706. The lowest BCUT2D eigenvalue weighted by Gasteiger charge is -2.19. The number of carbonyl (C=O) groups excluding carboxylic acids is 1. The Morgan fingerprint density at radius 1 is 0.963 bits per heavy atom. The van der Waals surface area contributed by atoms with Crippen LogP contribution in [0.2, 0.25) is 0 Å². The third-order valence-electron chi connectivity index (χ3n) is 3.16. The number of hydrogen-bond acceptors (Lipinski definition) is 6. The van der Waals surface area contributed by atoms with Gasteiger partial charge in [-0.05, 0) is 71.9 Å². The normalized spacial score (nSPS) is 12.2. The summed E-state index contributed by atoms with van der Waals surface area (Å²) in [6.45, 7) is 9.94. The molecule has 0 aliphatic carbocycles. The van der Waals surface area contributed by atoms with E-state index >= 15 is 0 Å². The number of carbonyl (C=O) groups is 1. The minimum atomic E-state index is -0.424. The summed E-state index contributed by atoms with van der Waals surface area (Å²) in [5.41, 5.74) is 6.41. The summed E-state index contributed by atoms with van der Waals surface area (Å²) in [7, 11) is 1.71. The molecule has 0 aromatic carbocycles. The Morgan fingerprint density at radius 3 is 2.04 bits per heavy atom. The second-order valence-corrected chi connectivity index (χ2v) is 7.67. The molecule has 0 atom stereocenters. The molecule has 0 spiro atoms. The zero-order valence-electron chi connectivity index (χ0n) is 17.1. The topological polar surface area (TPSA) is 99.1 Å². The van der Waals surface area contributed by atoms with Crippen molar-refractivity contribution >= 4 is 52.1 Å². The molecular weight excluding hydrogens is 384 g/mol. The molecule has 0 fully saturated rings. The van der Waals surface area contributed by atoms with Crippen LogP contribution in [0.15, 0.2) is 10.2 Å². The molecule has 0 saturated carbocycles. The van der Waals surface area contributed by atoms with Gasteiger partial charge in [0.25, 0.3) is 0 Å². The first-order valence-electron chi connectivity index (χ1n) is 8.87. The number of hydrazone groups is 2. The van der Waals surface area contributed by atoms with E-state index in [0.29, 0.717) is 34.6 Å². The smallest absolute Gasteiger partial charge is 0.306 e. The average Bonchev–Trinajstić information content (AvgIpc) is 2.58. The molecule has 0 unspecified atom stereocenters. The maximum Gasteiger partial charge on any atom is 0.306 e. The first-order valence-corrected chi connectivity index (χ1v) is 9.69. The van der Waals surface area contributed by atoms with Gasteiger partial charge in [0.15, 0.2) is 10.2 Å². The number of rotatable bonds is 9. The lowest BCUT2D eigenvalue weighted by atomic mass is 10.1. The van der Waals surface area contributed by atoms with Crippen LogP contribution in [0, 0.1) is 0 Å². The highest BCUT2D eigenvalue weighted by atomic mass is 32.1. The molecule has 0 aliphatic heterocycles. The minimum Gasteiger partial charge on any atom is -0.460 e. The van der Waals surface area contributed by atoms with Crippen molar-refractivity contribution in [3.05, 3.63) is 0 Å². The van der Waals surface area contributed by atoms with Gasteiger partial charge in [0.1, 0.15) is 5.60 Å². The summed E-state index contributed by atoms with van der Waals surface area (Å²) in [4.78, 5) is 11.6. The van der Waals surface area contributed by atoms with Crippen LogP contribution in [0.3, 0.4) is 0 Å². The molecule has 0 aromatic rings. The summed E-state index contributed by atoms with van der Waals surface area (Å²) < 4.78 is 5.27. The third-order valence-corrected chi connectivity index (χ3v) is 3.70. The lowest BCUT2D eigenvalue weighted by Crippen LogP contribution is -2.34. The first-order chi connectivity index (χ1) is 12.5. The van der Waals surface area contributed by atoms with Gasteiger partial charge >= 0.3 is 5.97 Å². The van der Waals surface area contributed by atoms with Crippen molar-refractivity contribution in [3.8, 4) is 0 Å². The van der Waals surface area contributed by atoms with Crippen molar-refractivity contribution in [2.24, 2.45) is 10.2 Å². The molecule has 0 saturated heterocycles. The molecule has 8 nitrogen and oxygen atoms in total. The van der Waals surface area contributed by atoms with Gasteiger partial charge in [0, 0.05) is 20.0 Å². The Labute approximate surface area is 173 Å². The number of nitrogens with zero attached hydrogens (tertiary/aromatic N) is 2. The van der Waals surface area contributed by atoms with Crippen molar-refractivity contribution < 1.29 is 9.53 Å². The standard InChI is InChI=1S/C17H32N6O2S2/c1-12(20-22-15(26)18-6)13(2)21-23-16(27)19-11-9-7-8-10-14(24)25-17(3,4)5/h7-11H2,1-6H3,(H2,18,22,26)(H2,19,23,27)/b20-12+,21-13+. The Balaban J connectivity index is 3.94. The number of hydrogen-bond donors (Lipinski definition) is 4. The Bertz CT molecular complexity index is 570. The van der Waals surface area contributed by atoms with Crippen LogP contribution in [0.1, 0.15) is 60.3 Å². The van der Waals surface area contributed by atoms with E-state index in [1.165, 1.54) is 0 Å². The second kappa shape index (κ2) is 13.4. The van der Waals surface area contributed by atoms with Gasteiger partial charge in [-0.1, -0.05) is 6.42 Å². The van der Waals surface area contributed by atoms with Crippen LogP contribution in [-0.2, 0) is 9.53 Å². The van der Waals surface area contributed by atoms with Gasteiger partial charge in [-0.15, -0.1) is 0 Å². The summed E-state index contributed by atoms with van der Waals surface area (Å²) in [6, 6.07) is 0. The quantitative estimate of drug-likeness (QED) is 0.149. The molecule has 0 bridgehead atoms. The van der Waals surface area contributed by atoms with E-state index in [1.54, 1.807) is 7.05 Å². The molecule has 27 heavy (non-hydrogen) atoms. The first kappa shape index (κ1) is 25.2. The van der Waals surface area contributed by atoms with Crippen LogP contribution in [0.4, 0.5) is 0 Å². The summed E-state index contributed by atoms with van der Waals surface area (Å²) >= 11 is 10.1. The summed E-state index contributed by atoms with van der Waals surface area (Å²) in [6.07, 6.45) is 3.05. The van der Waals surface area contributed by atoms with E-state index in [2.05, 4.69) is 31.7 Å². The molecule has 0 aliphatic rings. The monoisotopic (exact) mass is 416 g/mol. The average molecular weight is 417 g/mol. The van der Waals surface area contributed by atoms with Crippen LogP contribution in [0.25, 0.3) is 0 Å². The number of unbranched alkanes of at least 4 members (excludes halogenated alkanes) is 2. The molecule has 0 amide bonds. The fourth-order valence-electron chi connectivity index (χ4n) is 1.69. The highest BCUT2D eigenvalue weighted by molar-refractivity contribution is 7.80. The minimum absolute atomic E-state index is 0.153. The lowest BCUT2D eigenvalue weighted by molar-refractivity contribution is -0.154. The summed E-state index contributed by atoms with van der Waals surface area (Å²) in [5, 5.41) is 15.0. The molecule has 10 heteroatoms. The van der Waals surface area contributed by atoms with E-state index in [-0.39, 0.29) is 5.97 Å². The van der Waals surface area contributed by atoms with E-state index in [4.69, 9.17) is 29.2 Å². The van der Waals surface area contributed by atoms with Crippen molar-refractivity contribution in [2.45, 2.75) is 65.9 Å². The number of thiocarbonyl (C=S) groups is 2. The van der Waals surface area contributed by atoms with Crippen LogP contribution < -0.4 is 21.5 Å². The van der Waals surface area contributed by atoms with Gasteiger partial charge in [0.2, 0.25) is 0 Å². The van der Waals surface area contributed by atoms with Gasteiger partial charge in [-0.3, -0.25) is 15.6 Å². The molecule has 4 N–H and O–H groups in total. The van der Waals surface area contributed by atoms with Crippen molar-refractivity contribution in [1.29, 1.82) is 0 Å². The fourth-order valence-corrected chi connectivity index (χ4v) is 1.89. The Kier molecular flexibility index (Phi) is 12.5. The van der Waals surface area contributed by atoms with Gasteiger partial charge in [-0.2, -0.15) is 10.2 Å². The summed E-state index contributed by atoms with van der Waals surface area (Å²) in [5.74, 6) is -0.153. The third kappa shape index (κ3) is 15.0. The van der Waals surface area contributed by atoms with Crippen molar-refractivity contribution in [3.63, 3.8) is 0 Å². The van der Waals surface area contributed by atoms with Gasteiger partial charge in [-0.25, -0.2) is 0 Å². The maximum absolute atomic E-state index is 11.6. The highest BCUT2D eigenvalue weighted by Crippen LogP contribution is 2.10. The zero-order chi connectivity index (χ0) is 20.9. The Hall–Kier alpha value is -1.81. The molecule has 0 rings (SSSR count). The Morgan fingerprint density at radius 2 is 1.52 bits per heavy atom. The zero-order valence-corrected chi connectivity index (χ0v) is 18.7. The van der Waals surface area contributed by atoms with E-state index < -0.39 is 5.60 Å².